The van der Waals surface area contributed by atoms with E-state index in [0.717, 1.165) is 21.6 Å². The molecular formula is C25H23N3O3S. The number of hydrogen-bond donors (Lipinski definition) is 1. The van der Waals surface area contributed by atoms with Gasteiger partial charge in [-0.25, -0.2) is 4.68 Å². The SMILES string of the molecule is Cc1nn(-c2ccccc2)c2sc(C(=O)N3CCC(C(=O)c4ccc(O)cc4)CC3)cc12. The second kappa shape index (κ2) is 8.24. The highest BCUT2D eigenvalue weighted by Gasteiger charge is 2.29. The van der Waals surface area contributed by atoms with Crippen LogP contribution < -0.4 is 0 Å². The number of ketones is 1. The average molecular weight is 446 g/mol. The molecule has 0 saturated carbocycles. The first-order valence-corrected chi connectivity index (χ1v) is 11.5. The molecule has 0 spiro atoms. The highest BCUT2D eigenvalue weighted by atomic mass is 32.1. The zero-order valence-electron chi connectivity index (χ0n) is 17.7. The van der Waals surface area contributed by atoms with Crippen LogP contribution in [0.4, 0.5) is 0 Å². The zero-order chi connectivity index (χ0) is 22.2. The Bertz CT molecular complexity index is 1280. The Balaban J connectivity index is 1.31. The summed E-state index contributed by atoms with van der Waals surface area (Å²) in [5, 5.41) is 15.1. The number of phenolic OH excluding ortho intramolecular Hbond substituents is 1. The summed E-state index contributed by atoms with van der Waals surface area (Å²) >= 11 is 1.47. The lowest BCUT2D eigenvalue weighted by atomic mass is 9.89. The van der Waals surface area contributed by atoms with E-state index < -0.39 is 0 Å². The van der Waals surface area contributed by atoms with Crippen LogP contribution in [0, 0.1) is 12.8 Å². The molecule has 1 aliphatic rings. The van der Waals surface area contributed by atoms with Crippen LogP contribution in [0.1, 0.15) is 38.6 Å². The second-order valence-electron chi connectivity index (χ2n) is 8.14. The highest BCUT2D eigenvalue weighted by molar-refractivity contribution is 7.20. The van der Waals surface area contributed by atoms with Gasteiger partial charge in [0.25, 0.3) is 5.91 Å². The molecule has 3 heterocycles. The maximum absolute atomic E-state index is 13.2. The summed E-state index contributed by atoms with van der Waals surface area (Å²) in [6, 6.07) is 18.2. The molecule has 0 bridgehead atoms. The highest BCUT2D eigenvalue weighted by Crippen LogP contribution is 2.32. The largest absolute Gasteiger partial charge is 0.508 e. The lowest BCUT2D eigenvalue weighted by molar-refractivity contribution is 0.0654. The Morgan fingerprint density at radius 2 is 1.72 bits per heavy atom. The number of piperidine rings is 1. The van der Waals surface area contributed by atoms with E-state index in [1.165, 1.54) is 23.5 Å². The number of hydrogen-bond acceptors (Lipinski definition) is 5. The van der Waals surface area contributed by atoms with Gasteiger partial charge < -0.3 is 10.0 Å². The van der Waals surface area contributed by atoms with Crippen LogP contribution in [0.3, 0.4) is 0 Å². The third-order valence-corrected chi connectivity index (χ3v) is 7.16. The Hall–Kier alpha value is -3.45. The van der Waals surface area contributed by atoms with E-state index in [0.29, 0.717) is 36.4 Å². The molecule has 6 nitrogen and oxygen atoms in total. The van der Waals surface area contributed by atoms with Gasteiger partial charge in [0.1, 0.15) is 10.6 Å². The summed E-state index contributed by atoms with van der Waals surface area (Å²) in [5.74, 6) is 0.147. The fraction of sp³-hybridized carbons (Fsp3) is 0.240. The van der Waals surface area contributed by atoms with Gasteiger partial charge in [-0.1, -0.05) is 18.2 Å². The summed E-state index contributed by atoms with van der Waals surface area (Å²) in [6.45, 7) is 3.08. The predicted molar refractivity (Wildman–Crippen MR) is 125 cm³/mol. The van der Waals surface area contributed by atoms with Crippen molar-refractivity contribution in [2.24, 2.45) is 5.92 Å². The molecule has 1 amide bonds. The molecule has 2 aromatic heterocycles. The average Bonchev–Trinajstić information content (AvgIpc) is 3.40. The first-order valence-electron chi connectivity index (χ1n) is 10.7. The predicted octanol–water partition coefficient (Wildman–Crippen LogP) is 4.84. The number of aromatic nitrogens is 2. The Morgan fingerprint density at radius 1 is 1.03 bits per heavy atom. The van der Waals surface area contributed by atoms with Crippen molar-refractivity contribution in [3.8, 4) is 11.4 Å². The third-order valence-electron chi connectivity index (χ3n) is 6.06. The van der Waals surface area contributed by atoms with Crippen LogP contribution >= 0.6 is 11.3 Å². The summed E-state index contributed by atoms with van der Waals surface area (Å²) in [5.41, 5.74) is 2.48. The minimum absolute atomic E-state index is 0.0146. The van der Waals surface area contributed by atoms with Crippen LogP contribution in [-0.4, -0.2) is 44.6 Å². The molecule has 0 radical (unpaired) electrons. The van der Waals surface area contributed by atoms with Crippen molar-refractivity contribution >= 4 is 33.2 Å². The fourth-order valence-electron chi connectivity index (χ4n) is 4.26. The zero-order valence-corrected chi connectivity index (χ0v) is 18.5. The molecule has 0 unspecified atom stereocenters. The summed E-state index contributed by atoms with van der Waals surface area (Å²) in [7, 11) is 0. The molecule has 4 aromatic rings. The Kier molecular flexibility index (Phi) is 5.27. The van der Waals surface area contributed by atoms with E-state index in [1.807, 2.05) is 52.9 Å². The van der Waals surface area contributed by atoms with Crippen LogP contribution in [0.5, 0.6) is 5.75 Å². The smallest absolute Gasteiger partial charge is 0.264 e. The number of phenols is 1. The first kappa shape index (κ1) is 20.5. The van der Waals surface area contributed by atoms with E-state index in [4.69, 9.17) is 0 Å². The van der Waals surface area contributed by atoms with E-state index in [9.17, 15) is 14.7 Å². The molecule has 32 heavy (non-hydrogen) atoms. The molecule has 2 aromatic carbocycles. The van der Waals surface area contributed by atoms with Crippen LogP contribution in [-0.2, 0) is 0 Å². The molecule has 1 N–H and O–H groups in total. The molecule has 0 aliphatic carbocycles. The minimum atomic E-state index is -0.0973. The number of Topliss-reactive ketones (excluding diaryl/α,β-unsaturated/α-hetero) is 1. The number of para-hydroxylation sites is 1. The van der Waals surface area contributed by atoms with Crippen molar-refractivity contribution in [3.63, 3.8) is 0 Å². The quantitative estimate of drug-likeness (QED) is 0.456. The normalized spacial score (nSPS) is 14.7. The number of nitrogens with zero attached hydrogens (tertiary/aromatic N) is 3. The fourth-order valence-corrected chi connectivity index (χ4v) is 5.41. The van der Waals surface area contributed by atoms with Crippen molar-refractivity contribution in [2.45, 2.75) is 19.8 Å². The molecule has 1 saturated heterocycles. The molecule has 0 atom stereocenters. The van der Waals surface area contributed by atoms with Crippen molar-refractivity contribution in [3.05, 3.63) is 76.8 Å². The van der Waals surface area contributed by atoms with E-state index in [2.05, 4.69) is 5.10 Å². The number of amides is 1. The number of likely N-dealkylation sites (tertiary alicyclic amines) is 1. The lowest BCUT2D eigenvalue weighted by Gasteiger charge is -2.31. The number of fused-ring (bicyclic) bond motifs is 1. The molecular weight excluding hydrogens is 422 g/mol. The van der Waals surface area contributed by atoms with E-state index in [1.54, 1.807) is 12.1 Å². The van der Waals surface area contributed by atoms with Crippen LogP contribution in [0.25, 0.3) is 15.9 Å². The van der Waals surface area contributed by atoms with E-state index in [-0.39, 0.29) is 23.4 Å². The number of rotatable bonds is 4. The molecule has 7 heteroatoms. The summed E-state index contributed by atoms with van der Waals surface area (Å²) < 4.78 is 1.90. The number of benzene rings is 2. The van der Waals surface area contributed by atoms with E-state index >= 15 is 0 Å². The standard InChI is InChI=1S/C25H23N3O3S/c1-16-21-15-22(32-25(21)28(26-16)19-5-3-2-4-6-19)24(31)27-13-11-18(12-14-27)23(30)17-7-9-20(29)10-8-17/h2-10,15,18,29H,11-14H2,1H3. The number of aryl methyl sites for hydroxylation is 1. The minimum Gasteiger partial charge on any atom is -0.508 e. The number of carbonyl (C=O) groups excluding carboxylic acids is 2. The van der Waals surface area contributed by atoms with Gasteiger partial charge in [-0.05, 0) is 62.2 Å². The molecule has 5 rings (SSSR count). The molecule has 1 fully saturated rings. The van der Waals surface area contributed by atoms with Gasteiger partial charge in [-0.15, -0.1) is 11.3 Å². The van der Waals surface area contributed by atoms with Crippen molar-refractivity contribution in [1.82, 2.24) is 14.7 Å². The maximum atomic E-state index is 13.2. The second-order valence-corrected chi connectivity index (χ2v) is 9.17. The van der Waals surface area contributed by atoms with Gasteiger partial charge in [-0.3, -0.25) is 9.59 Å². The van der Waals surface area contributed by atoms with Crippen LogP contribution in [0.15, 0.2) is 60.7 Å². The number of aromatic hydroxyl groups is 1. The molecule has 1 aliphatic heterocycles. The first-order chi connectivity index (χ1) is 15.5. The van der Waals surface area contributed by atoms with Gasteiger partial charge in [0.2, 0.25) is 0 Å². The maximum Gasteiger partial charge on any atom is 0.264 e. The Labute approximate surface area is 189 Å². The van der Waals surface area contributed by atoms with Crippen molar-refractivity contribution in [1.29, 1.82) is 0 Å². The van der Waals surface area contributed by atoms with Gasteiger partial charge in [0, 0.05) is 30.0 Å². The van der Waals surface area contributed by atoms with Gasteiger partial charge in [0.05, 0.1) is 16.3 Å². The number of thiophene rings is 1. The summed E-state index contributed by atoms with van der Waals surface area (Å²) in [6.07, 6.45) is 1.29. The Morgan fingerprint density at radius 3 is 2.41 bits per heavy atom. The monoisotopic (exact) mass is 445 g/mol. The lowest BCUT2D eigenvalue weighted by Crippen LogP contribution is -2.40. The molecule has 162 valence electrons. The topological polar surface area (TPSA) is 75.4 Å². The third kappa shape index (κ3) is 3.69. The van der Waals surface area contributed by atoms with Gasteiger partial charge in [0.15, 0.2) is 5.78 Å². The van der Waals surface area contributed by atoms with Crippen molar-refractivity contribution in [2.75, 3.05) is 13.1 Å². The summed E-state index contributed by atoms with van der Waals surface area (Å²) in [4.78, 5) is 29.5. The van der Waals surface area contributed by atoms with Crippen LogP contribution in [0.2, 0.25) is 0 Å². The van der Waals surface area contributed by atoms with Gasteiger partial charge in [-0.2, -0.15) is 5.10 Å². The van der Waals surface area contributed by atoms with Gasteiger partial charge >= 0.3 is 0 Å². The van der Waals surface area contributed by atoms with Crippen molar-refractivity contribution < 1.29 is 14.7 Å². The number of carbonyl (C=O) groups is 2.